The van der Waals surface area contributed by atoms with Crippen molar-refractivity contribution in [1.29, 1.82) is 0 Å². The molecule has 196 valence electrons. The van der Waals surface area contributed by atoms with Gasteiger partial charge in [0, 0.05) is 24.4 Å². The zero-order valence-electron chi connectivity index (χ0n) is 21.6. The fourth-order valence-electron chi connectivity index (χ4n) is 8.58. The lowest BCUT2D eigenvalue weighted by Gasteiger charge is -2.60. The molecule has 5 rings (SSSR count). The van der Waals surface area contributed by atoms with E-state index >= 15 is 0 Å². The maximum Gasteiger partial charge on any atom is 0.415 e. The quantitative estimate of drug-likeness (QED) is 0.565. The largest absolute Gasteiger partial charge is 0.415 e. The van der Waals surface area contributed by atoms with Crippen molar-refractivity contribution in [2.75, 3.05) is 7.05 Å². The summed E-state index contributed by atoms with van der Waals surface area (Å²) in [5, 5.41) is 2.47. The number of nitrogens with one attached hydrogen (secondary N) is 1. The molecule has 1 heterocycles. The number of alkyl halides is 3. The Bertz CT molecular complexity index is 1070. The van der Waals surface area contributed by atoms with Gasteiger partial charge in [-0.3, -0.25) is 9.59 Å². The second-order valence-corrected chi connectivity index (χ2v) is 12.3. The van der Waals surface area contributed by atoms with Crippen molar-refractivity contribution in [2.45, 2.75) is 77.1 Å². The van der Waals surface area contributed by atoms with Crippen LogP contribution in [0.1, 0.15) is 64.9 Å². The van der Waals surface area contributed by atoms with Gasteiger partial charge in [0.2, 0.25) is 11.8 Å². The first-order chi connectivity index (χ1) is 16.8. The lowest BCUT2D eigenvalue weighted by molar-refractivity contribution is -0.199. The number of benzene rings is 1. The third-order valence-corrected chi connectivity index (χ3v) is 10.7. The first-order valence-electron chi connectivity index (χ1n) is 13.2. The van der Waals surface area contributed by atoms with Gasteiger partial charge in [0.1, 0.15) is 0 Å². The smallest absolute Gasteiger partial charge is 0.338 e. The first-order valence-corrected chi connectivity index (χ1v) is 13.2. The van der Waals surface area contributed by atoms with Gasteiger partial charge in [-0.15, -0.1) is 0 Å². The number of hydrogen-bond donors (Lipinski definition) is 1. The molecule has 0 spiro atoms. The third kappa shape index (κ3) is 3.55. The zero-order valence-corrected chi connectivity index (χ0v) is 21.6. The van der Waals surface area contributed by atoms with E-state index in [0.717, 1.165) is 39.0 Å². The Morgan fingerprint density at radius 3 is 2.39 bits per heavy atom. The summed E-state index contributed by atoms with van der Waals surface area (Å²) in [5.41, 5.74) is -2.82. The van der Waals surface area contributed by atoms with Crippen molar-refractivity contribution in [1.82, 2.24) is 10.2 Å². The van der Waals surface area contributed by atoms with Crippen LogP contribution in [0.5, 0.6) is 0 Å². The maximum absolute atomic E-state index is 14.3. The molecule has 0 bridgehead atoms. The Morgan fingerprint density at radius 2 is 1.72 bits per heavy atom. The molecule has 1 aromatic carbocycles. The van der Waals surface area contributed by atoms with E-state index in [4.69, 9.17) is 0 Å². The molecular formula is C29H37F3N2O2. The molecule has 3 aliphatic carbocycles. The Morgan fingerprint density at radius 1 is 1.03 bits per heavy atom. The van der Waals surface area contributed by atoms with Crippen LogP contribution in [0, 0.1) is 34.5 Å². The number of rotatable bonds is 3. The van der Waals surface area contributed by atoms with Crippen molar-refractivity contribution < 1.29 is 22.8 Å². The highest BCUT2D eigenvalue weighted by molar-refractivity contribution is 5.89. The predicted octanol–water partition coefficient (Wildman–Crippen LogP) is 5.84. The fourth-order valence-corrected chi connectivity index (χ4v) is 8.58. The van der Waals surface area contributed by atoms with E-state index in [-0.39, 0.29) is 28.3 Å². The Balaban J connectivity index is 1.40. The van der Waals surface area contributed by atoms with Crippen LogP contribution in [0.3, 0.4) is 0 Å². The average Bonchev–Trinajstić information content (AvgIpc) is 3.19. The van der Waals surface area contributed by atoms with Crippen molar-refractivity contribution >= 4 is 11.8 Å². The summed E-state index contributed by atoms with van der Waals surface area (Å²) in [5.74, 6) is 0.260. The number of amides is 2. The Kier molecular flexibility index (Phi) is 5.88. The van der Waals surface area contributed by atoms with E-state index in [1.54, 1.807) is 24.3 Å². The molecule has 1 aliphatic heterocycles. The summed E-state index contributed by atoms with van der Waals surface area (Å²) in [4.78, 5) is 27.8. The molecule has 8 atom stereocenters. The Labute approximate surface area is 211 Å². The third-order valence-electron chi connectivity index (χ3n) is 10.7. The van der Waals surface area contributed by atoms with E-state index < -0.39 is 23.5 Å². The highest BCUT2D eigenvalue weighted by Gasteiger charge is 2.62. The lowest BCUT2D eigenvalue weighted by Crippen LogP contribution is -2.60. The van der Waals surface area contributed by atoms with Crippen molar-refractivity contribution in [3.05, 3.63) is 48.0 Å². The van der Waals surface area contributed by atoms with Crippen molar-refractivity contribution in [3.63, 3.8) is 0 Å². The number of hydrogen-bond acceptors (Lipinski definition) is 2. The predicted molar refractivity (Wildman–Crippen MR) is 132 cm³/mol. The second-order valence-electron chi connectivity index (χ2n) is 12.3. The number of carbonyl (C=O) groups excluding carboxylic acids is 2. The summed E-state index contributed by atoms with van der Waals surface area (Å²) in [6.07, 6.45) is 4.35. The van der Waals surface area contributed by atoms with Crippen LogP contribution in [0.4, 0.5) is 13.2 Å². The number of halogens is 3. The topological polar surface area (TPSA) is 49.4 Å². The normalized spacial score (nSPS) is 39.6. The minimum Gasteiger partial charge on any atom is -0.338 e. The van der Waals surface area contributed by atoms with Crippen LogP contribution < -0.4 is 5.32 Å². The van der Waals surface area contributed by atoms with Gasteiger partial charge >= 0.3 is 6.18 Å². The molecule has 1 unspecified atom stereocenters. The van der Waals surface area contributed by atoms with E-state index in [1.165, 1.54) is 12.1 Å². The van der Waals surface area contributed by atoms with Crippen LogP contribution in [0.15, 0.2) is 42.5 Å². The van der Waals surface area contributed by atoms with Crippen molar-refractivity contribution in [2.24, 2.45) is 34.5 Å². The highest BCUT2D eigenvalue weighted by Crippen LogP contribution is 2.65. The SMILES string of the molecule is CN1C(=O)C=C[C@]2(C)[C@H]3CC[C@]4(C)[C@@H](C(=O)NC(C)(c5ccccc5)C(F)(F)F)CC[C@H]4[C@@H]3CC[C@@H]12. The minimum absolute atomic E-state index is 0.0447. The van der Waals surface area contributed by atoms with E-state index in [9.17, 15) is 22.8 Å². The molecule has 0 radical (unpaired) electrons. The molecular weight excluding hydrogens is 465 g/mol. The zero-order chi connectivity index (χ0) is 26.1. The molecule has 3 fully saturated rings. The summed E-state index contributed by atoms with van der Waals surface area (Å²) >= 11 is 0. The first kappa shape index (κ1) is 25.3. The molecule has 1 N–H and O–H groups in total. The van der Waals surface area contributed by atoms with Gasteiger partial charge in [-0.1, -0.05) is 50.3 Å². The van der Waals surface area contributed by atoms with Crippen LogP contribution >= 0.6 is 0 Å². The molecule has 3 saturated carbocycles. The van der Waals surface area contributed by atoms with E-state index in [2.05, 4.69) is 25.2 Å². The molecule has 7 heteroatoms. The maximum atomic E-state index is 14.3. The lowest BCUT2D eigenvalue weighted by atomic mass is 9.47. The average molecular weight is 503 g/mol. The van der Waals surface area contributed by atoms with Gasteiger partial charge in [0.25, 0.3) is 0 Å². The van der Waals surface area contributed by atoms with Crippen LogP contribution in [-0.4, -0.2) is 36.0 Å². The minimum atomic E-state index is -4.62. The number of carbonyl (C=O) groups is 2. The molecule has 36 heavy (non-hydrogen) atoms. The van der Waals surface area contributed by atoms with E-state index in [1.807, 2.05) is 11.9 Å². The molecule has 1 aromatic rings. The molecule has 4 aliphatic rings. The van der Waals surface area contributed by atoms with Crippen LogP contribution in [0.2, 0.25) is 0 Å². The second kappa shape index (κ2) is 8.35. The van der Waals surface area contributed by atoms with Gasteiger partial charge in [-0.2, -0.15) is 13.2 Å². The van der Waals surface area contributed by atoms with Crippen LogP contribution in [-0.2, 0) is 15.1 Å². The number of fused-ring (bicyclic) bond motifs is 5. The standard InChI is InChI=1S/C29H37F3N2O2/c1-26-16-14-21-19(10-13-23-27(21,2)17-15-24(35)34(23)4)20(26)11-12-22(26)25(36)33-28(3,29(30,31)32)18-8-6-5-7-9-18/h5-9,15,17,19-23H,10-14,16H2,1-4H3,(H,33,36)/t19-,20-,21-,22+,23+,26-,27+,28?/m0/s1. The molecule has 0 aromatic heterocycles. The Hall–Kier alpha value is -2.31. The van der Waals surface area contributed by atoms with E-state index in [0.29, 0.717) is 24.2 Å². The summed E-state index contributed by atoms with van der Waals surface area (Å²) < 4.78 is 42.9. The highest BCUT2D eigenvalue weighted by atomic mass is 19.4. The summed E-state index contributed by atoms with van der Waals surface area (Å²) in [6, 6.07) is 7.85. The van der Waals surface area contributed by atoms with Crippen LogP contribution in [0.25, 0.3) is 0 Å². The fraction of sp³-hybridized carbons (Fsp3) is 0.655. The molecule has 2 amide bonds. The monoisotopic (exact) mass is 502 g/mol. The molecule has 4 nitrogen and oxygen atoms in total. The number of nitrogens with zero attached hydrogens (tertiary/aromatic N) is 1. The molecule has 0 saturated heterocycles. The van der Waals surface area contributed by atoms with Gasteiger partial charge in [-0.25, -0.2) is 0 Å². The van der Waals surface area contributed by atoms with Gasteiger partial charge in [0.15, 0.2) is 5.54 Å². The van der Waals surface area contributed by atoms with Gasteiger partial charge in [-0.05, 0) is 80.3 Å². The van der Waals surface area contributed by atoms with Gasteiger partial charge in [0.05, 0.1) is 0 Å². The van der Waals surface area contributed by atoms with Gasteiger partial charge < -0.3 is 10.2 Å². The van der Waals surface area contributed by atoms with Crippen molar-refractivity contribution in [3.8, 4) is 0 Å². The summed E-state index contributed by atoms with van der Waals surface area (Å²) in [7, 11) is 1.89. The number of likely N-dealkylation sites (N-methyl/N-ethyl adjacent to an activating group) is 1. The summed E-state index contributed by atoms with van der Waals surface area (Å²) in [6.45, 7) is 5.48.